The third-order valence-electron chi connectivity index (χ3n) is 5.86. The lowest BCUT2D eigenvalue weighted by atomic mass is 9.92. The molecule has 1 amide bonds. The van der Waals surface area contributed by atoms with Crippen LogP contribution in [0.15, 0.2) is 46.9 Å². The van der Waals surface area contributed by atoms with Crippen molar-refractivity contribution in [3.05, 3.63) is 68.1 Å². The predicted molar refractivity (Wildman–Crippen MR) is 122 cm³/mol. The SMILES string of the molecule is O=C(NCC(=O)C1NCC2CN(Cc3ccc(Cl)cc3Cl)CC21)c1cccc(Br)c1. The van der Waals surface area contributed by atoms with E-state index in [1.165, 1.54) is 0 Å². The average molecular weight is 511 g/mol. The summed E-state index contributed by atoms with van der Waals surface area (Å²) in [6.45, 7) is 3.32. The monoisotopic (exact) mass is 509 g/mol. The molecule has 0 aromatic heterocycles. The van der Waals surface area contributed by atoms with Crippen LogP contribution in [0.1, 0.15) is 15.9 Å². The molecule has 3 unspecified atom stereocenters. The zero-order chi connectivity index (χ0) is 21.3. The smallest absolute Gasteiger partial charge is 0.251 e. The molecule has 2 heterocycles. The number of carbonyl (C=O) groups excluding carboxylic acids is 2. The normalized spacial score (nSPS) is 23.4. The molecule has 0 spiro atoms. The van der Waals surface area contributed by atoms with Crippen LogP contribution in [0.25, 0.3) is 0 Å². The number of benzene rings is 2. The number of amides is 1. The lowest BCUT2D eigenvalue weighted by Gasteiger charge is -2.21. The zero-order valence-electron chi connectivity index (χ0n) is 16.2. The van der Waals surface area contributed by atoms with Gasteiger partial charge >= 0.3 is 0 Å². The van der Waals surface area contributed by atoms with E-state index in [9.17, 15) is 9.59 Å². The van der Waals surface area contributed by atoms with E-state index in [0.717, 1.165) is 36.2 Å². The van der Waals surface area contributed by atoms with Gasteiger partial charge in [-0.1, -0.05) is 51.3 Å². The van der Waals surface area contributed by atoms with Gasteiger partial charge in [-0.05, 0) is 47.7 Å². The molecule has 2 aliphatic rings. The summed E-state index contributed by atoms with van der Waals surface area (Å²) in [5.41, 5.74) is 1.57. The fourth-order valence-corrected chi connectivity index (χ4v) is 5.26. The average Bonchev–Trinajstić information content (AvgIpc) is 3.28. The van der Waals surface area contributed by atoms with E-state index < -0.39 is 0 Å². The highest BCUT2D eigenvalue weighted by Gasteiger charge is 2.45. The molecular weight excluding hydrogens is 489 g/mol. The summed E-state index contributed by atoms with van der Waals surface area (Å²) in [5.74, 6) is 0.444. The molecule has 0 radical (unpaired) electrons. The van der Waals surface area contributed by atoms with E-state index in [1.54, 1.807) is 24.3 Å². The van der Waals surface area contributed by atoms with Crippen LogP contribution >= 0.6 is 39.1 Å². The van der Waals surface area contributed by atoms with Crippen molar-refractivity contribution >= 4 is 50.8 Å². The first-order valence-corrected chi connectivity index (χ1v) is 11.4. The second kappa shape index (κ2) is 9.37. The molecule has 158 valence electrons. The van der Waals surface area contributed by atoms with Crippen LogP contribution in [0.4, 0.5) is 0 Å². The fourth-order valence-electron chi connectivity index (χ4n) is 4.39. The quantitative estimate of drug-likeness (QED) is 0.621. The van der Waals surface area contributed by atoms with Gasteiger partial charge in [0.1, 0.15) is 0 Å². The van der Waals surface area contributed by atoms with Gasteiger partial charge in [0.15, 0.2) is 5.78 Å². The molecule has 30 heavy (non-hydrogen) atoms. The summed E-state index contributed by atoms with van der Waals surface area (Å²) in [5, 5.41) is 7.40. The van der Waals surface area contributed by atoms with Crippen LogP contribution in [0, 0.1) is 11.8 Å². The number of fused-ring (bicyclic) bond motifs is 1. The van der Waals surface area contributed by atoms with E-state index >= 15 is 0 Å². The molecule has 2 N–H and O–H groups in total. The summed E-state index contributed by atoms with van der Waals surface area (Å²) >= 11 is 15.7. The number of hydrogen-bond donors (Lipinski definition) is 2. The van der Waals surface area contributed by atoms with Crippen molar-refractivity contribution < 1.29 is 9.59 Å². The Labute approximate surface area is 194 Å². The third kappa shape index (κ3) is 4.89. The molecule has 0 bridgehead atoms. The highest BCUT2D eigenvalue weighted by molar-refractivity contribution is 9.10. The van der Waals surface area contributed by atoms with Gasteiger partial charge < -0.3 is 10.6 Å². The number of rotatable bonds is 6. The molecule has 0 aliphatic carbocycles. The molecule has 2 saturated heterocycles. The number of halogens is 3. The lowest BCUT2D eigenvalue weighted by Crippen LogP contribution is -2.44. The molecule has 2 fully saturated rings. The minimum absolute atomic E-state index is 0.0231. The second-order valence-electron chi connectivity index (χ2n) is 7.90. The lowest BCUT2D eigenvalue weighted by molar-refractivity contribution is -0.120. The van der Waals surface area contributed by atoms with Crippen LogP contribution in [0.2, 0.25) is 10.0 Å². The number of nitrogens with zero attached hydrogens (tertiary/aromatic N) is 1. The topological polar surface area (TPSA) is 61.4 Å². The van der Waals surface area contributed by atoms with Crippen LogP contribution in [-0.4, -0.2) is 48.8 Å². The Bertz CT molecular complexity index is 971. The molecule has 3 atom stereocenters. The highest BCUT2D eigenvalue weighted by Crippen LogP contribution is 2.33. The molecule has 5 nitrogen and oxygen atoms in total. The molecule has 2 aromatic carbocycles. The van der Waals surface area contributed by atoms with Crippen molar-refractivity contribution in [2.75, 3.05) is 26.2 Å². The predicted octanol–water partition coefficient (Wildman–Crippen LogP) is 3.77. The number of ketones is 1. The largest absolute Gasteiger partial charge is 0.345 e. The highest BCUT2D eigenvalue weighted by atomic mass is 79.9. The third-order valence-corrected chi connectivity index (χ3v) is 6.94. The van der Waals surface area contributed by atoms with Crippen molar-refractivity contribution in [3.63, 3.8) is 0 Å². The number of hydrogen-bond acceptors (Lipinski definition) is 4. The van der Waals surface area contributed by atoms with Gasteiger partial charge in [-0.3, -0.25) is 14.5 Å². The minimum atomic E-state index is -0.246. The number of carbonyl (C=O) groups is 2. The van der Waals surface area contributed by atoms with Gasteiger partial charge in [0, 0.05) is 46.3 Å². The summed E-state index contributed by atoms with van der Waals surface area (Å²) in [4.78, 5) is 27.5. The molecule has 8 heteroatoms. The maximum atomic E-state index is 12.8. The van der Waals surface area contributed by atoms with Crippen LogP contribution in [0.3, 0.4) is 0 Å². The van der Waals surface area contributed by atoms with E-state index in [-0.39, 0.29) is 30.2 Å². The Morgan fingerprint density at radius 1 is 1.17 bits per heavy atom. The molecule has 2 aromatic rings. The number of Topliss-reactive ketones (excluding diaryl/α,β-unsaturated/α-hetero) is 1. The Morgan fingerprint density at radius 3 is 2.77 bits per heavy atom. The molecule has 0 saturated carbocycles. The van der Waals surface area contributed by atoms with Crippen molar-refractivity contribution in [1.82, 2.24) is 15.5 Å². The van der Waals surface area contributed by atoms with Gasteiger partial charge in [-0.25, -0.2) is 0 Å². The van der Waals surface area contributed by atoms with Crippen molar-refractivity contribution in [3.8, 4) is 0 Å². The first kappa shape index (κ1) is 21.8. The Hall–Kier alpha value is -1.44. The standard InChI is InChI=1S/C22H22BrCl2N3O2/c23-16-3-1-2-13(6-16)22(30)27-9-20(29)21-18-12-28(11-15(18)8-26-21)10-14-4-5-17(24)7-19(14)25/h1-7,15,18,21,26H,8-12H2,(H,27,30). The molecular formula is C22H22BrCl2N3O2. The van der Waals surface area contributed by atoms with E-state index in [1.807, 2.05) is 18.2 Å². The van der Waals surface area contributed by atoms with E-state index in [0.29, 0.717) is 21.5 Å². The maximum Gasteiger partial charge on any atom is 0.251 e. The second-order valence-corrected chi connectivity index (χ2v) is 9.66. The van der Waals surface area contributed by atoms with Crippen LogP contribution in [0.5, 0.6) is 0 Å². The fraction of sp³-hybridized carbons (Fsp3) is 0.364. The molecule has 2 aliphatic heterocycles. The van der Waals surface area contributed by atoms with Crippen LogP contribution in [-0.2, 0) is 11.3 Å². The number of likely N-dealkylation sites (tertiary alicyclic amines) is 1. The van der Waals surface area contributed by atoms with E-state index in [2.05, 4.69) is 31.5 Å². The summed E-state index contributed by atoms with van der Waals surface area (Å²) in [7, 11) is 0. The van der Waals surface area contributed by atoms with Gasteiger partial charge in [-0.2, -0.15) is 0 Å². The van der Waals surface area contributed by atoms with Gasteiger partial charge in [0.2, 0.25) is 0 Å². The van der Waals surface area contributed by atoms with Gasteiger partial charge in [0.25, 0.3) is 5.91 Å². The first-order chi connectivity index (χ1) is 14.4. The first-order valence-electron chi connectivity index (χ1n) is 9.87. The molecule has 4 rings (SSSR count). The summed E-state index contributed by atoms with van der Waals surface area (Å²) in [6, 6.07) is 12.4. The number of nitrogens with one attached hydrogen (secondary N) is 2. The Morgan fingerprint density at radius 2 is 2.00 bits per heavy atom. The van der Waals surface area contributed by atoms with Crippen LogP contribution < -0.4 is 10.6 Å². The van der Waals surface area contributed by atoms with Crippen molar-refractivity contribution in [2.24, 2.45) is 11.8 Å². The zero-order valence-corrected chi connectivity index (χ0v) is 19.3. The Balaban J connectivity index is 1.32. The van der Waals surface area contributed by atoms with Gasteiger partial charge in [0.05, 0.1) is 12.6 Å². The van der Waals surface area contributed by atoms with Gasteiger partial charge in [-0.15, -0.1) is 0 Å². The summed E-state index contributed by atoms with van der Waals surface area (Å²) < 4.78 is 0.827. The minimum Gasteiger partial charge on any atom is -0.345 e. The maximum absolute atomic E-state index is 12.8. The Kier molecular flexibility index (Phi) is 6.80. The van der Waals surface area contributed by atoms with Crippen molar-refractivity contribution in [1.29, 1.82) is 0 Å². The van der Waals surface area contributed by atoms with Crippen molar-refractivity contribution in [2.45, 2.75) is 12.6 Å². The van der Waals surface area contributed by atoms with E-state index in [4.69, 9.17) is 23.2 Å². The summed E-state index contributed by atoms with van der Waals surface area (Å²) in [6.07, 6.45) is 0.